The van der Waals surface area contributed by atoms with Crippen molar-refractivity contribution in [2.45, 2.75) is 25.3 Å². The summed E-state index contributed by atoms with van der Waals surface area (Å²) in [5.74, 6) is -0.675. The van der Waals surface area contributed by atoms with Crippen molar-refractivity contribution in [1.29, 1.82) is 0 Å². The Bertz CT molecular complexity index is 1190. The molecule has 2 atom stereocenters. The number of hydrogen-bond acceptors (Lipinski definition) is 5. The first-order chi connectivity index (χ1) is 16.2. The molecule has 33 heavy (non-hydrogen) atoms. The van der Waals surface area contributed by atoms with Gasteiger partial charge >= 0.3 is 5.97 Å². The molecule has 0 unspecified atom stereocenters. The molecule has 5 rings (SSSR count). The predicted octanol–water partition coefficient (Wildman–Crippen LogP) is 5.73. The maximum Gasteiger partial charge on any atom is 0.348 e. The molecule has 0 saturated heterocycles. The average Bonchev–Trinajstić information content (AvgIpc) is 3.53. The maximum atomic E-state index is 13.2. The van der Waals surface area contributed by atoms with Crippen molar-refractivity contribution in [3.63, 3.8) is 0 Å². The number of benzene rings is 2. The fourth-order valence-electron chi connectivity index (χ4n) is 4.60. The molecule has 1 aromatic heterocycles. The Balaban J connectivity index is 1.44. The molecule has 1 saturated carbocycles. The van der Waals surface area contributed by atoms with Gasteiger partial charge < -0.3 is 4.74 Å². The zero-order valence-corrected chi connectivity index (χ0v) is 18.9. The number of rotatable bonds is 5. The molecule has 1 fully saturated rings. The van der Waals surface area contributed by atoms with Crippen LogP contribution in [0.1, 0.15) is 46.1 Å². The van der Waals surface area contributed by atoms with Gasteiger partial charge in [-0.2, -0.15) is 5.10 Å². The highest BCUT2D eigenvalue weighted by Crippen LogP contribution is 2.44. The standard InChI is InChI=1S/C27H24N2O3S/c30-24(18-32-27(31)23-15-8-16-33-23)29-26(20-11-5-2-6-12-20)22-14-7-13-21(25(22)28-29)17-19-9-3-1-4-10-19/h1-6,8-12,15-17,22,26H,7,13-14,18H2/b21-17-/t22-,26+/m1/s1. The summed E-state index contributed by atoms with van der Waals surface area (Å²) in [6.07, 6.45) is 5.11. The molecule has 3 aromatic rings. The third-order valence-electron chi connectivity index (χ3n) is 6.09. The first kappa shape index (κ1) is 21.3. The van der Waals surface area contributed by atoms with Gasteiger partial charge in [-0.05, 0) is 53.5 Å². The third-order valence-corrected chi connectivity index (χ3v) is 6.94. The molecule has 0 radical (unpaired) electrons. The molecule has 5 nitrogen and oxygen atoms in total. The van der Waals surface area contributed by atoms with E-state index in [1.165, 1.54) is 16.9 Å². The lowest BCUT2D eigenvalue weighted by molar-refractivity contribution is -0.137. The van der Waals surface area contributed by atoms with E-state index in [2.05, 4.69) is 18.2 Å². The lowest BCUT2D eigenvalue weighted by Gasteiger charge is -2.29. The summed E-state index contributed by atoms with van der Waals surface area (Å²) in [7, 11) is 0. The van der Waals surface area contributed by atoms with Crippen LogP contribution in [0.5, 0.6) is 0 Å². The highest BCUT2D eigenvalue weighted by molar-refractivity contribution is 7.11. The molecule has 2 heterocycles. The topological polar surface area (TPSA) is 59.0 Å². The maximum absolute atomic E-state index is 13.2. The van der Waals surface area contributed by atoms with Crippen LogP contribution in [0.4, 0.5) is 0 Å². The van der Waals surface area contributed by atoms with Crippen LogP contribution in [0.25, 0.3) is 6.08 Å². The van der Waals surface area contributed by atoms with Gasteiger partial charge in [-0.1, -0.05) is 66.7 Å². The summed E-state index contributed by atoms with van der Waals surface area (Å²) in [5.41, 5.74) is 4.31. The first-order valence-corrected chi connectivity index (χ1v) is 12.0. The quantitative estimate of drug-likeness (QED) is 0.461. The normalized spacial score (nSPS) is 20.9. The largest absolute Gasteiger partial charge is 0.451 e. The summed E-state index contributed by atoms with van der Waals surface area (Å²) in [6, 6.07) is 23.5. The number of thiophene rings is 1. The van der Waals surface area contributed by atoms with Crippen LogP contribution in [0, 0.1) is 5.92 Å². The molecule has 1 aliphatic carbocycles. The Kier molecular flexibility index (Phi) is 6.17. The monoisotopic (exact) mass is 456 g/mol. The number of esters is 1. The Labute approximate surface area is 197 Å². The van der Waals surface area contributed by atoms with E-state index in [-0.39, 0.29) is 24.5 Å². The van der Waals surface area contributed by atoms with Crippen LogP contribution in [0.3, 0.4) is 0 Å². The Morgan fingerprint density at radius 2 is 1.79 bits per heavy atom. The Morgan fingerprint density at radius 3 is 2.52 bits per heavy atom. The van der Waals surface area contributed by atoms with E-state index in [1.54, 1.807) is 17.1 Å². The second-order valence-corrected chi connectivity index (χ2v) is 9.16. The van der Waals surface area contributed by atoms with E-state index in [0.29, 0.717) is 4.88 Å². The van der Waals surface area contributed by atoms with E-state index in [1.807, 2.05) is 53.9 Å². The molecule has 0 bridgehead atoms. The summed E-state index contributed by atoms with van der Waals surface area (Å²) >= 11 is 1.30. The highest BCUT2D eigenvalue weighted by atomic mass is 32.1. The number of carbonyl (C=O) groups excluding carboxylic acids is 2. The van der Waals surface area contributed by atoms with Crippen molar-refractivity contribution in [2.75, 3.05) is 6.61 Å². The minimum atomic E-state index is -0.483. The fraction of sp³-hybridized carbons (Fsp3) is 0.222. The number of allylic oxidation sites excluding steroid dienone is 1. The van der Waals surface area contributed by atoms with Gasteiger partial charge in [0.2, 0.25) is 0 Å². The first-order valence-electron chi connectivity index (χ1n) is 11.1. The van der Waals surface area contributed by atoms with Crippen LogP contribution in [-0.2, 0) is 9.53 Å². The molecule has 0 N–H and O–H groups in total. The second kappa shape index (κ2) is 9.55. The van der Waals surface area contributed by atoms with Crippen LogP contribution in [-0.4, -0.2) is 29.2 Å². The minimum Gasteiger partial charge on any atom is -0.451 e. The smallest absolute Gasteiger partial charge is 0.348 e. The second-order valence-electron chi connectivity index (χ2n) is 8.21. The number of hydrogen-bond donors (Lipinski definition) is 0. The molecule has 0 spiro atoms. The number of fused-ring (bicyclic) bond motifs is 1. The van der Waals surface area contributed by atoms with Crippen molar-refractivity contribution < 1.29 is 14.3 Å². The van der Waals surface area contributed by atoms with Gasteiger partial charge in [-0.3, -0.25) is 4.79 Å². The van der Waals surface area contributed by atoms with Crippen molar-refractivity contribution in [2.24, 2.45) is 11.0 Å². The zero-order valence-electron chi connectivity index (χ0n) is 18.1. The average molecular weight is 457 g/mol. The minimum absolute atomic E-state index is 0.119. The summed E-state index contributed by atoms with van der Waals surface area (Å²) < 4.78 is 5.32. The molecule has 6 heteroatoms. The molecular weight excluding hydrogens is 432 g/mol. The van der Waals surface area contributed by atoms with Crippen molar-refractivity contribution >= 4 is 35.0 Å². The summed E-state index contributed by atoms with van der Waals surface area (Å²) in [4.78, 5) is 26.0. The van der Waals surface area contributed by atoms with Crippen LogP contribution < -0.4 is 0 Å². The van der Waals surface area contributed by atoms with E-state index in [4.69, 9.17) is 9.84 Å². The summed E-state index contributed by atoms with van der Waals surface area (Å²) in [5, 5.41) is 8.18. The SMILES string of the molecule is O=C(OCC(=O)N1N=C2/C(=C\c3ccccc3)CCC[C@H]2[C@@H]1c1ccccc1)c1cccs1. The lowest BCUT2D eigenvalue weighted by Crippen LogP contribution is -2.34. The Morgan fingerprint density at radius 1 is 1.03 bits per heavy atom. The molecule has 2 aliphatic rings. The summed E-state index contributed by atoms with van der Waals surface area (Å²) in [6.45, 7) is -0.332. The van der Waals surface area contributed by atoms with E-state index < -0.39 is 5.97 Å². The van der Waals surface area contributed by atoms with Crippen molar-refractivity contribution in [1.82, 2.24) is 5.01 Å². The third kappa shape index (κ3) is 4.52. The number of amides is 1. The van der Waals surface area contributed by atoms with Gasteiger partial charge in [0, 0.05) is 5.92 Å². The lowest BCUT2D eigenvalue weighted by atomic mass is 9.77. The van der Waals surface area contributed by atoms with Crippen LogP contribution in [0.2, 0.25) is 0 Å². The molecule has 2 aromatic carbocycles. The number of ether oxygens (including phenoxy) is 1. The molecular formula is C27H24N2O3S. The molecule has 166 valence electrons. The van der Waals surface area contributed by atoms with E-state index in [9.17, 15) is 9.59 Å². The van der Waals surface area contributed by atoms with Gasteiger partial charge in [0.25, 0.3) is 5.91 Å². The van der Waals surface area contributed by atoms with E-state index >= 15 is 0 Å². The number of nitrogens with zero attached hydrogens (tertiary/aromatic N) is 2. The number of hydrazone groups is 1. The molecule has 1 amide bonds. The predicted molar refractivity (Wildman–Crippen MR) is 130 cm³/mol. The van der Waals surface area contributed by atoms with E-state index in [0.717, 1.165) is 36.1 Å². The van der Waals surface area contributed by atoms with Gasteiger partial charge in [0.1, 0.15) is 4.88 Å². The van der Waals surface area contributed by atoms with Crippen LogP contribution >= 0.6 is 11.3 Å². The fourth-order valence-corrected chi connectivity index (χ4v) is 5.22. The van der Waals surface area contributed by atoms with Crippen molar-refractivity contribution in [3.8, 4) is 0 Å². The zero-order chi connectivity index (χ0) is 22.6. The van der Waals surface area contributed by atoms with Gasteiger partial charge in [-0.25, -0.2) is 9.80 Å². The van der Waals surface area contributed by atoms with Crippen molar-refractivity contribution in [3.05, 3.63) is 99.8 Å². The Hall–Kier alpha value is -3.51. The molecule has 1 aliphatic heterocycles. The van der Waals surface area contributed by atoms with Gasteiger partial charge in [0.15, 0.2) is 6.61 Å². The van der Waals surface area contributed by atoms with Gasteiger partial charge in [0.05, 0.1) is 11.8 Å². The number of carbonyl (C=O) groups is 2. The van der Waals surface area contributed by atoms with Gasteiger partial charge in [-0.15, -0.1) is 11.3 Å². The highest BCUT2D eigenvalue weighted by Gasteiger charge is 2.43. The van der Waals surface area contributed by atoms with Crippen LogP contribution in [0.15, 0.2) is 88.9 Å².